The number of benzene rings is 1. The molecule has 7 heteroatoms. The standard InChI is InChI=1S/C22H28N4O3/c1-29-20-9-3-2-8-19(20)25-13-15-26(16-14-25)22(28)11-6-10-21(27)24-17-18-7-4-5-12-23-18/h2-5,7-9,12H,6,10-11,13-17H2,1H3,(H,24,27). The Morgan fingerprint density at radius 2 is 1.79 bits per heavy atom. The average molecular weight is 396 g/mol. The van der Waals surface area contributed by atoms with Crippen LogP contribution in [0, 0.1) is 0 Å². The predicted molar refractivity (Wildman–Crippen MR) is 112 cm³/mol. The first-order chi connectivity index (χ1) is 14.2. The van der Waals surface area contributed by atoms with Gasteiger partial charge in [0.25, 0.3) is 0 Å². The van der Waals surface area contributed by atoms with Crippen LogP contribution in [0.1, 0.15) is 25.0 Å². The highest BCUT2D eigenvalue weighted by atomic mass is 16.5. The molecule has 3 rings (SSSR count). The zero-order valence-corrected chi connectivity index (χ0v) is 16.8. The van der Waals surface area contributed by atoms with Gasteiger partial charge in [0.15, 0.2) is 0 Å². The number of aromatic nitrogens is 1. The fraction of sp³-hybridized carbons (Fsp3) is 0.409. The molecule has 154 valence electrons. The summed E-state index contributed by atoms with van der Waals surface area (Å²) in [5.74, 6) is 0.913. The first-order valence-electron chi connectivity index (χ1n) is 9.99. The Bertz CT molecular complexity index is 805. The van der Waals surface area contributed by atoms with Crippen LogP contribution >= 0.6 is 0 Å². The van der Waals surface area contributed by atoms with E-state index in [-0.39, 0.29) is 11.8 Å². The van der Waals surface area contributed by atoms with Gasteiger partial charge < -0.3 is 19.9 Å². The first kappa shape index (κ1) is 20.6. The molecule has 2 heterocycles. The highest BCUT2D eigenvalue weighted by Crippen LogP contribution is 2.28. The summed E-state index contributed by atoms with van der Waals surface area (Å²) in [4.78, 5) is 32.7. The number of hydrogen-bond donors (Lipinski definition) is 1. The Hall–Kier alpha value is -3.09. The van der Waals surface area contributed by atoms with E-state index in [2.05, 4.69) is 15.2 Å². The molecule has 0 aliphatic carbocycles. The second kappa shape index (κ2) is 10.5. The van der Waals surface area contributed by atoms with Gasteiger partial charge >= 0.3 is 0 Å². The molecule has 0 atom stereocenters. The van der Waals surface area contributed by atoms with Crippen molar-refractivity contribution >= 4 is 17.5 Å². The van der Waals surface area contributed by atoms with Gasteiger partial charge in [0.05, 0.1) is 25.0 Å². The van der Waals surface area contributed by atoms with Crippen molar-refractivity contribution in [2.24, 2.45) is 0 Å². The zero-order chi connectivity index (χ0) is 20.5. The number of rotatable bonds is 8. The van der Waals surface area contributed by atoms with Crippen molar-refractivity contribution in [1.29, 1.82) is 0 Å². The molecule has 2 aromatic rings. The fourth-order valence-corrected chi connectivity index (χ4v) is 3.43. The average Bonchev–Trinajstić information content (AvgIpc) is 2.78. The van der Waals surface area contributed by atoms with Crippen molar-refractivity contribution in [3.05, 3.63) is 54.4 Å². The zero-order valence-electron chi connectivity index (χ0n) is 16.8. The van der Waals surface area contributed by atoms with Crippen molar-refractivity contribution in [3.63, 3.8) is 0 Å². The SMILES string of the molecule is COc1ccccc1N1CCN(C(=O)CCCC(=O)NCc2ccccn2)CC1. The molecule has 0 spiro atoms. The maximum absolute atomic E-state index is 12.5. The molecule has 1 aromatic carbocycles. The Balaban J connectivity index is 1.36. The number of para-hydroxylation sites is 2. The summed E-state index contributed by atoms with van der Waals surface area (Å²) in [7, 11) is 1.67. The lowest BCUT2D eigenvalue weighted by molar-refractivity contribution is -0.131. The molecule has 1 saturated heterocycles. The van der Waals surface area contributed by atoms with E-state index >= 15 is 0 Å². The van der Waals surface area contributed by atoms with Crippen molar-refractivity contribution in [1.82, 2.24) is 15.2 Å². The van der Waals surface area contributed by atoms with Gasteiger partial charge in [-0.15, -0.1) is 0 Å². The number of piperazine rings is 1. The molecular weight excluding hydrogens is 368 g/mol. The summed E-state index contributed by atoms with van der Waals surface area (Å²) >= 11 is 0. The maximum atomic E-state index is 12.5. The number of anilines is 1. The van der Waals surface area contributed by atoms with E-state index in [1.807, 2.05) is 47.4 Å². The molecule has 7 nitrogen and oxygen atoms in total. The highest BCUT2D eigenvalue weighted by Gasteiger charge is 2.22. The summed E-state index contributed by atoms with van der Waals surface area (Å²) in [6, 6.07) is 13.5. The third-order valence-electron chi connectivity index (χ3n) is 5.05. The van der Waals surface area contributed by atoms with E-state index in [9.17, 15) is 9.59 Å². The summed E-state index contributed by atoms with van der Waals surface area (Å²) in [6.07, 6.45) is 3.00. The molecule has 1 fully saturated rings. The second-order valence-corrected chi connectivity index (χ2v) is 6.99. The van der Waals surface area contributed by atoms with Gasteiger partial charge in [0.2, 0.25) is 11.8 Å². The van der Waals surface area contributed by atoms with Gasteiger partial charge in [-0.1, -0.05) is 18.2 Å². The van der Waals surface area contributed by atoms with E-state index in [0.717, 1.165) is 30.2 Å². The minimum atomic E-state index is -0.0514. The van der Waals surface area contributed by atoms with Crippen molar-refractivity contribution < 1.29 is 14.3 Å². The van der Waals surface area contributed by atoms with Gasteiger partial charge in [-0.3, -0.25) is 14.6 Å². The number of pyridine rings is 1. The van der Waals surface area contributed by atoms with E-state index in [1.54, 1.807) is 13.3 Å². The maximum Gasteiger partial charge on any atom is 0.222 e. The van der Waals surface area contributed by atoms with Crippen LogP contribution in [0.15, 0.2) is 48.7 Å². The number of nitrogens with one attached hydrogen (secondary N) is 1. The van der Waals surface area contributed by atoms with Crippen molar-refractivity contribution in [2.75, 3.05) is 38.2 Å². The number of amides is 2. The van der Waals surface area contributed by atoms with Crippen LogP contribution in [0.25, 0.3) is 0 Å². The second-order valence-electron chi connectivity index (χ2n) is 6.99. The fourth-order valence-electron chi connectivity index (χ4n) is 3.43. The quantitative estimate of drug-likeness (QED) is 0.741. The summed E-state index contributed by atoms with van der Waals surface area (Å²) in [6.45, 7) is 3.33. The lowest BCUT2D eigenvalue weighted by Crippen LogP contribution is -2.48. The van der Waals surface area contributed by atoms with Crippen LogP contribution in [-0.4, -0.2) is 55.0 Å². The lowest BCUT2D eigenvalue weighted by atomic mass is 10.2. The number of hydrogen-bond acceptors (Lipinski definition) is 5. The molecule has 1 aliphatic heterocycles. The summed E-state index contributed by atoms with van der Waals surface area (Å²) in [5.41, 5.74) is 1.89. The van der Waals surface area contributed by atoms with Crippen LogP contribution in [0.3, 0.4) is 0 Å². The van der Waals surface area contributed by atoms with Gasteiger partial charge in [-0.25, -0.2) is 0 Å². The Labute approximate surface area is 171 Å². The van der Waals surface area contributed by atoms with Crippen LogP contribution in [0.5, 0.6) is 5.75 Å². The largest absolute Gasteiger partial charge is 0.495 e. The van der Waals surface area contributed by atoms with Crippen molar-refractivity contribution in [3.8, 4) is 5.75 Å². The van der Waals surface area contributed by atoms with E-state index < -0.39 is 0 Å². The van der Waals surface area contributed by atoms with Crippen LogP contribution < -0.4 is 15.0 Å². The van der Waals surface area contributed by atoms with Gasteiger partial charge in [0, 0.05) is 45.2 Å². The normalized spacial score (nSPS) is 13.8. The smallest absolute Gasteiger partial charge is 0.222 e. The Morgan fingerprint density at radius 1 is 1.03 bits per heavy atom. The number of carbonyl (C=O) groups is 2. The van der Waals surface area contributed by atoms with Crippen molar-refractivity contribution in [2.45, 2.75) is 25.8 Å². The Kier molecular flexibility index (Phi) is 7.44. The Morgan fingerprint density at radius 3 is 2.52 bits per heavy atom. The summed E-state index contributed by atoms with van der Waals surface area (Å²) < 4.78 is 5.43. The molecule has 1 N–H and O–H groups in total. The van der Waals surface area contributed by atoms with Crippen LogP contribution in [-0.2, 0) is 16.1 Å². The van der Waals surface area contributed by atoms with E-state index in [1.165, 1.54) is 0 Å². The molecule has 29 heavy (non-hydrogen) atoms. The number of methoxy groups -OCH3 is 1. The molecule has 1 aromatic heterocycles. The monoisotopic (exact) mass is 396 g/mol. The minimum Gasteiger partial charge on any atom is -0.495 e. The third-order valence-corrected chi connectivity index (χ3v) is 5.05. The third kappa shape index (κ3) is 5.94. The predicted octanol–water partition coefficient (Wildman–Crippen LogP) is 2.23. The molecule has 0 radical (unpaired) electrons. The number of carbonyl (C=O) groups excluding carboxylic acids is 2. The topological polar surface area (TPSA) is 74.8 Å². The molecule has 0 bridgehead atoms. The van der Waals surface area contributed by atoms with E-state index in [4.69, 9.17) is 4.74 Å². The number of ether oxygens (including phenoxy) is 1. The van der Waals surface area contributed by atoms with E-state index in [0.29, 0.717) is 38.9 Å². The molecule has 0 unspecified atom stereocenters. The number of nitrogens with zero attached hydrogens (tertiary/aromatic N) is 3. The van der Waals surface area contributed by atoms with Gasteiger partial charge in [-0.05, 0) is 30.7 Å². The lowest BCUT2D eigenvalue weighted by Gasteiger charge is -2.36. The van der Waals surface area contributed by atoms with Crippen LogP contribution in [0.2, 0.25) is 0 Å². The minimum absolute atomic E-state index is 0.0514. The first-order valence-corrected chi connectivity index (χ1v) is 9.99. The molecule has 0 saturated carbocycles. The molecular formula is C22H28N4O3. The highest BCUT2D eigenvalue weighted by molar-refractivity contribution is 5.79. The molecule has 2 amide bonds. The van der Waals surface area contributed by atoms with Crippen LogP contribution in [0.4, 0.5) is 5.69 Å². The summed E-state index contributed by atoms with van der Waals surface area (Å²) in [5, 5.41) is 2.84. The van der Waals surface area contributed by atoms with Gasteiger partial charge in [-0.2, -0.15) is 0 Å². The molecule has 1 aliphatic rings. The van der Waals surface area contributed by atoms with Gasteiger partial charge in [0.1, 0.15) is 5.75 Å².